The van der Waals surface area contributed by atoms with Crippen LogP contribution < -0.4 is 14.8 Å². The number of ether oxygens (including phenoxy) is 2. The maximum absolute atomic E-state index is 12.4. The van der Waals surface area contributed by atoms with Gasteiger partial charge in [-0.1, -0.05) is 0 Å². The van der Waals surface area contributed by atoms with Crippen LogP contribution in [-0.4, -0.2) is 25.7 Å². The van der Waals surface area contributed by atoms with Crippen molar-refractivity contribution in [1.29, 1.82) is 5.26 Å². The van der Waals surface area contributed by atoms with Gasteiger partial charge in [0.05, 0.1) is 25.9 Å². The number of nitrogens with one attached hydrogen (secondary N) is 1. The molecule has 0 aromatic heterocycles. The van der Waals surface area contributed by atoms with E-state index in [9.17, 15) is 10.1 Å². The molecule has 1 fully saturated rings. The van der Waals surface area contributed by atoms with Crippen molar-refractivity contribution in [2.45, 2.75) is 31.2 Å². The normalized spacial score (nSPS) is 16.2. The van der Waals surface area contributed by atoms with E-state index in [1.807, 2.05) is 0 Å². The Bertz CT molecular complexity index is 543. The van der Waals surface area contributed by atoms with Crippen LogP contribution in [0.25, 0.3) is 0 Å². The Morgan fingerprint density at radius 1 is 1.30 bits per heavy atom. The van der Waals surface area contributed by atoms with Crippen molar-refractivity contribution in [3.8, 4) is 17.6 Å². The van der Waals surface area contributed by atoms with Crippen molar-refractivity contribution >= 4 is 5.91 Å². The summed E-state index contributed by atoms with van der Waals surface area (Å²) in [5.41, 5.74) is -0.322. The zero-order valence-corrected chi connectivity index (χ0v) is 11.7. The molecule has 20 heavy (non-hydrogen) atoms. The molecule has 5 heteroatoms. The Kier molecular flexibility index (Phi) is 4.14. The Hall–Kier alpha value is -2.22. The fourth-order valence-corrected chi connectivity index (χ4v) is 2.51. The van der Waals surface area contributed by atoms with Crippen LogP contribution in [0.5, 0.6) is 11.5 Å². The van der Waals surface area contributed by atoms with Gasteiger partial charge in [0, 0.05) is 6.07 Å². The Morgan fingerprint density at radius 2 is 2.00 bits per heavy atom. The molecule has 1 amide bonds. The standard InChI is InChI=1S/C15H18N2O3/c1-19-11-5-6-12(13(9-11)20-2)14(18)17-15(10-16)7-3-4-8-15/h5-6,9H,3-4,7-8H2,1-2H3,(H,17,18). The summed E-state index contributed by atoms with van der Waals surface area (Å²) in [6.45, 7) is 0. The first-order chi connectivity index (χ1) is 9.64. The summed E-state index contributed by atoms with van der Waals surface area (Å²) in [6, 6.07) is 7.24. The van der Waals surface area contributed by atoms with Crippen molar-refractivity contribution in [3.05, 3.63) is 23.8 Å². The van der Waals surface area contributed by atoms with Crippen LogP contribution in [0.3, 0.4) is 0 Å². The lowest BCUT2D eigenvalue weighted by Gasteiger charge is -2.22. The maximum Gasteiger partial charge on any atom is 0.256 e. The van der Waals surface area contributed by atoms with E-state index in [2.05, 4.69) is 11.4 Å². The van der Waals surface area contributed by atoms with Crippen molar-refractivity contribution < 1.29 is 14.3 Å². The van der Waals surface area contributed by atoms with Crippen LogP contribution >= 0.6 is 0 Å². The molecule has 1 aliphatic carbocycles. The average molecular weight is 274 g/mol. The largest absolute Gasteiger partial charge is 0.497 e. The van der Waals surface area contributed by atoms with Gasteiger partial charge in [-0.3, -0.25) is 4.79 Å². The fraction of sp³-hybridized carbons (Fsp3) is 0.467. The van der Waals surface area contributed by atoms with E-state index in [-0.39, 0.29) is 5.91 Å². The van der Waals surface area contributed by atoms with Crippen molar-refractivity contribution in [2.24, 2.45) is 0 Å². The van der Waals surface area contributed by atoms with Gasteiger partial charge in [0.1, 0.15) is 17.0 Å². The molecule has 106 valence electrons. The molecule has 0 aliphatic heterocycles. The Labute approximate surface area is 118 Å². The van der Waals surface area contributed by atoms with E-state index in [0.29, 0.717) is 29.9 Å². The highest BCUT2D eigenvalue weighted by Crippen LogP contribution is 2.30. The third kappa shape index (κ3) is 2.69. The second-order valence-corrected chi connectivity index (χ2v) is 4.92. The molecular weight excluding hydrogens is 256 g/mol. The van der Waals surface area contributed by atoms with Gasteiger partial charge >= 0.3 is 0 Å². The summed E-state index contributed by atoms with van der Waals surface area (Å²) >= 11 is 0. The lowest BCUT2D eigenvalue weighted by Crippen LogP contribution is -2.45. The topological polar surface area (TPSA) is 71.3 Å². The average Bonchev–Trinajstić information content (AvgIpc) is 2.95. The van der Waals surface area contributed by atoms with Crippen LogP contribution in [0.4, 0.5) is 0 Å². The molecule has 0 radical (unpaired) electrons. The van der Waals surface area contributed by atoms with Gasteiger partial charge in [-0.2, -0.15) is 5.26 Å². The van der Waals surface area contributed by atoms with E-state index in [1.54, 1.807) is 25.3 Å². The maximum atomic E-state index is 12.4. The predicted octanol–water partition coefficient (Wildman–Crippen LogP) is 2.27. The number of hydrogen-bond acceptors (Lipinski definition) is 4. The highest BCUT2D eigenvalue weighted by atomic mass is 16.5. The van der Waals surface area contributed by atoms with E-state index < -0.39 is 5.54 Å². The molecule has 0 spiro atoms. The van der Waals surface area contributed by atoms with E-state index in [1.165, 1.54) is 7.11 Å². The number of amides is 1. The van der Waals surface area contributed by atoms with Crippen LogP contribution in [-0.2, 0) is 0 Å². The van der Waals surface area contributed by atoms with Crippen molar-refractivity contribution in [1.82, 2.24) is 5.32 Å². The van der Waals surface area contributed by atoms with Gasteiger partial charge in [-0.15, -0.1) is 0 Å². The number of methoxy groups -OCH3 is 2. The van der Waals surface area contributed by atoms with Gasteiger partial charge in [-0.25, -0.2) is 0 Å². The number of nitrogens with zero attached hydrogens (tertiary/aromatic N) is 1. The molecule has 1 N–H and O–H groups in total. The SMILES string of the molecule is COc1ccc(C(=O)NC2(C#N)CCCC2)c(OC)c1. The summed E-state index contributed by atoms with van der Waals surface area (Å²) in [7, 11) is 3.05. The highest BCUT2D eigenvalue weighted by Gasteiger charge is 2.36. The molecule has 0 unspecified atom stereocenters. The minimum Gasteiger partial charge on any atom is -0.497 e. The number of rotatable bonds is 4. The van der Waals surface area contributed by atoms with Gasteiger partial charge < -0.3 is 14.8 Å². The number of nitriles is 1. The monoisotopic (exact) mass is 274 g/mol. The van der Waals surface area contributed by atoms with Crippen LogP contribution in [0.15, 0.2) is 18.2 Å². The van der Waals surface area contributed by atoms with Gasteiger partial charge in [0.2, 0.25) is 0 Å². The van der Waals surface area contributed by atoms with Gasteiger partial charge in [0.15, 0.2) is 0 Å². The number of carbonyl (C=O) groups is 1. The number of carbonyl (C=O) groups excluding carboxylic acids is 1. The molecule has 5 nitrogen and oxygen atoms in total. The van der Waals surface area contributed by atoms with Gasteiger partial charge in [-0.05, 0) is 37.8 Å². The molecule has 0 atom stereocenters. The smallest absolute Gasteiger partial charge is 0.256 e. The quantitative estimate of drug-likeness (QED) is 0.914. The molecule has 1 aliphatic rings. The van der Waals surface area contributed by atoms with Crippen LogP contribution in [0.2, 0.25) is 0 Å². The second-order valence-electron chi connectivity index (χ2n) is 4.92. The summed E-state index contributed by atoms with van der Waals surface area (Å²) in [5, 5.41) is 12.2. The molecule has 0 saturated heterocycles. The van der Waals surface area contributed by atoms with Crippen LogP contribution in [0.1, 0.15) is 36.0 Å². The van der Waals surface area contributed by atoms with E-state index >= 15 is 0 Å². The molecule has 0 bridgehead atoms. The van der Waals surface area contributed by atoms with Crippen LogP contribution in [0, 0.1) is 11.3 Å². The third-order valence-corrected chi connectivity index (χ3v) is 3.68. The zero-order valence-electron chi connectivity index (χ0n) is 11.7. The lowest BCUT2D eigenvalue weighted by molar-refractivity contribution is 0.0917. The molecule has 1 saturated carbocycles. The number of benzene rings is 1. The zero-order chi connectivity index (χ0) is 14.6. The molecule has 1 aromatic rings. The highest BCUT2D eigenvalue weighted by molar-refractivity contribution is 5.97. The van der Waals surface area contributed by atoms with Crippen molar-refractivity contribution in [3.63, 3.8) is 0 Å². The minimum atomic E-state index is -0.734. The second kappa shape index (κ2) is 5.83. The molecule has 1 aromatic carbocycles. The summed E-state index contributed by atoms with van der Waals surface area (Å²) < 4.78 is 10.3. The third-order valence-electron chi connectivity index (χ3n) is 3.68. The summed E-state index contributed by atoms with van der Waals surface area (Å²) in [6.07, 6.45) is 3.34. The minimum absolute atomic E-state index is 0.284. The predicted molar refractivity (Wildman–Crippen MR) is 73.8 cm³/mol. The molecule has 2 rings (SSSR count). The Balaban J connectivity index is 2.23. The lowest BCUT2D eigenvalue weighted by atomic mass is 9.99. The summed E-state index contributed by atoms with van der Waals surface area (Å²) in [4.78, 5) is 12.4. The number of hydrogen-bond donors (Lipinski definition) is 1. The summed E-state index contributed by atoms with van der Waals surface area (Å²) in [5.74, 6) is 0.773. The first-order valence-electron chi connectivity index (χ1n) is 6.60. The fourth-order valence-electron chi connectivity index (χ4n) is 2.51. The first-order valence-corrected chi connectivity index (χ1v) is 6.60. The first kappa shape index (κ1) is 14.2. The molecule has 0 heterocycles. The van der Waals surface area contributed by atoms with Crippen molar-refractivity contribution in [2.75, 3.05) is 14.2 Å². The molecular formula is C15H18N2O3. The Morgan fingerprint density at radius 3 is 2.55 bits per heavy atom. The van der Waals surface area contributed by atoms with E-state index in [4.69, 9.17) is 9.47 Å². The van der Waals surface area contributed by atoms with E-state index in [0.717, 1.165) is 12.8 Å². The van der Waals surface area contributed by atoms with Gasteiger partial charge in [0.25, 0.3) is 5.91 Å².